The van der Waals surface area contributed by atoms with Crippen molar-refractivity contribution in [2.24, 2.45) is 0 Å². The number of carboxylic acid groups (broad SMARTS) is 1. The quantitative estimate of drug-likeness (QED) is 0.713. The highest BCUT2D eigenvalue weighted by Gasteiger charge is 1.97. The summed E-state index contributed by atoms with van der Waals surface area (Å²) in [6.45, 7) is 4.84. The maximum Gasteiger partial charge on any atom is 0.404 e. The van der Waals surface area contributed by atoms with Crippen LogP contribution in [0.4, 0.5) is 4.79 Å². The molecule has 0 bridgehead atoms. The number of aliphatic hydroxyl groups is 1. The van der Waals surface area contributed by atoms with Crippen molar-refractivity contribution in [3.05, 3.63) is 71.3 Å². The van der Waals surface area contributed by atoms with Crippen LogP contribution in [-0.4, -0.2) is 23.4 Å². The molecule has 2 rings (SSSR count). The van der Waals surface area contributed by atoms with E-state index in [1.807, 2.05) is 30.3 Å². The lowest BCUT2D eigenvalue weighted by Gasteiger charge is -2.05. The minimum absolute atomic E-state index is 0.371. The largest absolute Gasteiger partial charge is 0.465 e. The summed E-state index contributed by atoms with van der Waals surface area (Å²) in [5, 5.41) is 17.5. The van der Waals surface area contributed by atoms with Crippen LogP contribution < -0.4 is 5.32 Å². The summed E-state index contributed by atoms with van der Waals surface area (Å²) < 4.78 is 0. The second kappa shape index (κ2) is 15.2. The molecule has 0 fully saturated rings. The van der Waals surface area contributed by atoms with Crippen molar-refractivity contribution in [3.8, 4) is 0 Å². The lowest BCUT2D eigenvalue weighted by Crippen LogP contribution is -2.19. The lowest BCUT2D eigenvalue weighted by molar-refractivity contribution is 0.194. The highest BCUT2D eigenvalue weighted by Crippen LogP contribution is 2.12. The summed E-state index contributed by atoms with van der Waals surface area (Å²) in [6, 6.07) is 18.2. The number of amides is 1. The van der Waals surface area contributed by atoms with Gasteiger partial charge in [0.25, 0.3) is 0 Å². The molecule has 0 saturated carbocycles. The topological polar surface area (TPSA) is 69.6 Å². The predicted octanol–water partition coefficient (Wildman–Crippen LogP) is 4.65. The summed E-state index contributed by atoms with van der Waals surface area (Å²) in [6.07, 6.45) is 4.03. The van der Waals surface area contributed by atoms with Gasteiger partial charge in [0.2, 0.25) is 0 Å². The van der Waals surface area contributed by atoms with E-state index in [0.717, 1.165) is 12.7 Å². The number of aliphatic hydroxyl groups excluding tert-OH is 1. The average molecular weight is 345 g/mol. The molecule has 2 aromatic carbocycles. The predicted molar refractivity (Wildman–Crippen MR) is 104 cm³/mol. The first-order valence-corrected chi connectivity index (χ1v) is 8.69. The fraction of sp³-hybridized carbons (Fsp3) is 0.381. The maximum absolute atomic E-state index is 10.1. The van der Waals surface area contributed by atoms with Gasteiger partial charge in [-0.05, 0) is 36.0 Å². The molecule has 0 unspecified atom stereocenters. The van der Waals surface area contributed by atoms with Gasteiger partial charge >= 0.3 is 6.09 Å². The normalized spacial score (nSPS) is 9.12. The van der Waals surface area contributed by atoms with E-state index in [2.05, 4.69) is 43.4 Å². The van der Waals surface area contributed by atoms with E-state index in [-0.39, 0.29) is 0 Å². The molecule has 0 aliphatic rings. The van der Waals surface area contributed by atoms with Crippen LogP contribution in [0.15, 0.2) is 54.6 Å². The van der Waals surface area contributed by atoms with Gasteiger partial charge < -0.3 is 15.5 Å². The third-order valence-electron chi connectivity index (χ3n) is 3.59. The minimum atomic E-state index is -0.992. The monoisotopic (exact) mass is 345 g/mol. The molecule has 0 aliphatic carbocycles. The van der Waals surface area contributed by atoms with Gasteiger partial charge in [-0.15, -0.1) is 0 Å². The summed E-state index contributed by atoms with van der Waals surface area (Å²) in [5.74, 6) is 0. The van der Waals surface area contributed by atoms with Gasteiger partial charge in [-0.3, -0.25) is 0 Å². The highest BCUT2D eigenvalue weighted by molar-refractivity contribution is 5.64. The SMILES string of the molecule is CCCCc1ccccc1CC.CO.O=C(O)NCc1ccccc1. The number of nitrogens with one attached hydrogen (secondary N) is 1. The van der Waals surface area contributed by atoms with Crippen LogP contribution in [0.25, 0.3) is 0 Å². The van der Waals surface area contributed by atoms with E-state index >= 15 is 0 Å². The van der Waals surface area contributed by atoms with Crippen molar-refractivity contribution in [1.29, 1.82) is 0 Å². The Labute approximate surface area is 151 Å². The van der Waals surface area contributed by atoms with Crippen molar-refractivity contribution in [2.45, 2.75) is 46.1 Å². The van der Waals surface area contributed by atoms with Gasteiger partial charge in [-0.25, -0.2) is 4.79 Å². The number of carbonyl (C=O) groups is 1. The molecule has 0 spiro atoms. The molecule has 25 heavy (non-hydrogen) atoms. The van der Waals surface area contributed by atoms with Crippen molar-refractivity contribution >= 4 is 6.09 Å². The number of unbranched alkanes of at least 4 members (excludes halogenated alkanes) is 1. The smallest absolute Gasteiger partial charge is 0.404 e. The number of rotatable bonds is 6. The average Bonchev–Trinajstić information content (AvgIpc) is 2.68. The Hall–Kier alpha value is -2.33. The first-order chi connectivity index (χ1) is 12.2. The van der Waals surface area contributed by atoms with Gasteiger partial charge in [0, 0.05) is 13.7 Å². The summed E-state index contributed by atoms with van der Waals surface area (Å²) in [7, 11) is 1.00. The van der Waals surface area contributed by atoms with E-state index in [0.29, 0.717) is 6.54 Å². The van der Waals surface area contributed by atoms with Crippen LogP contribution in [0, 0.1) is 0 Å². The van der Waals surface area contributed by atoms with Crippen molar-refractivity contribution in [3.63, 3.8) is 0 Å². The molecule has 0 aromatic heterocycles. The van der Waals surface area contributed by atoms with E-state index in [9.17, 15) is 4.79 Å². The summed E-state index contributed by atoms with van der Waals surface area (Å²) in [5.41, 5.74) is 4.03. The number of hydrogen-bond acceptors (Lipinski definition) is 2. The first-order valence-electron chi connectivity index (χ1n) is 8.69. The summed E-state index contributed by atoms with van der Waals surface area (Å²) >= 11 is 0. The molecule has 0 atom stereocenters. The Kier molecular flexibility index (Phi) is 13.8. The third kappa shape index (κ3) is 11.0. The van der Waals surface area contributed by atoms with Crippen molar-refractivity contribution in [2.75, 3.05) is 7.11 Å². The maximum atomic E-state index is 10.1. The number of aryl methyl sites for hydroxylation is 2. The van der Waals surface area contributed by atoms with Crippen molar-refractivity contribution < 1.29 is 15.0 Å². The molecule has 4 heteroatoms. The molecule has 1 amide bonds. The van der Waals surface area contributed by atoms with Crippen LogP contribution in [-0.2, 0) is 19.4 Å². The van der Waals surface area contributed by atoms with Gasteiger partial charge in [-0.1, -0.05) is 74.9 Å². The minimum Gasteiger partial charge on any atom is -0.465 e. The molecule has 3 N–H and O–H groups in total. The Balaban J connectivity index is 0.000000421. The highest BCUT2D eigenvalue weighted by atomic mass is 16.4. The fourth-order valence-electron chi connectivity index (χ4n) is 2.29. The first kappa shape index (κ1) is 22.7. The standard InChI is InChI=1S/C12H18.C8H9NO2.CH4O/c1-3-5-8-12-10-7-6-9-11(12)4-2;10-8(11)9-6-7-4-2-1-3-5-7;1-2/h6-7,9-10H,3-5,8H2,1-2H3;1-5,9H,6H2,(H,10,11);2H,1H3. The molecule has 138 valence electrons. The Morgan fingerprint density at radius 3 is 2.00 bits per heavy atom. The molecule has 0 aliphatic heterocycles. The molecule has 0 heterocycles. The molecule has 0 radical (unpaired) electrons. The van der Waals surface area contributed by atoms with Gasteiger partial charge in [0.1, 0.15) is 0 Å². The summed E-state index contributed by atoms with van der Waals surface area (Å²) in [4.78, 5) is 10.1. The Morgan fingerprint density at radius 1 is 0.920 bits per heavy atom. The third-order valence-corrected chi connectivity index (χ3v) is 3.59. The van der Waals surface area contributed by atoms with E-state index in [1.165, 1.54) is 31.2 Å². The fourth-order valence-corrected chi connectivity index (χ4v) is 2.29. The lowest BCUT2D eigenvalue weighted by atomic mass is 10.0. The molecular weight excluding hydrogens is 314 g/mol. The van der Waals surface area contributed by atoms with E-state index < -0.39 is 6.09 Å². The van der Waals surface area contributed by atoms with Crippen LogP contribution in [0.2, 0.25) is 0 Å². The molecule has 4 nitrogen and oxygen atoms in total. The Bertz CT molecular complexity index is 570. The van der Waals surface area contributed by atoms with Crippen LogP contribution >= 0.6 is 0 Å². The van der Waals surface area contributed by atoms with E-state index in [4.69, 9.17) is 10.2 Å². The van der Waals surface area contributed by atoms with Crippen LogP contribution in [0.1, 0.15) is 43.4 Å². The zero-order valence-electron chi connectivity index (χ0n) is 15.5. The number of benzene rings is 2. The number of hydrogen-bond donors (Lipinski definition) is 3. The Morgan fingerprint density at radius 2 is 1.48 bits per heavy atom. The molecular formula is C21H31NO3. The second-order valence-corrected chi connectivity index (χ2v) is 5.37. The van der Waals surface area contributed by atoms with Gasteiger partial charge in [-0.2, -0.15) is 0 Å². The second-order valence-electron chi connectivity index (χ2n) is 5.37. The van der Waals surface area contributed by atoms with Crippen LogP contribution in [0.5, 0.6) is 0 Å². The van der Waals surface area contributed by atoms with E-state index in [1.54, 1.807) is 5.56 Å². The molecule has 2 aromatic rings. The van der Waals surface area contributed by atoms with Gasteiger partial charge in [0.15, 0.2) is 0 Å². The van der Waals surface area contributed by atoms with Gasteiger partial charge in [0.05, 0.1) is 0 Å². The molecule has 0 saturated heterocycles. The zero-order chi connectivity index (χ0) is 18.9. The zero-order valence-corrected chi connectivity index (χ0v) is 15.5. The van der Waals surface area contributed by atoms with Crippen LogP contribution in [0.3, 0.4) is 0 Å². The van der Waals surface area contributed by atoms with Crippen molar-refractivity contribution in [1.82, 2.24) is 5.32 Å².